The number of aromatic nitrogens is 1. The Hall–Kier alpha value is -2.97. The lowest BCUT2D eigenvalue weighted by Crippen LogP contribution is -2.71. The van der Waals surface area contributed by atoms with E-state index >= 15 is 0 Å². The van der Waals surface area contributed by atoms with Crippen LogP contribution in [0.2, 0.25) is 0 Å². The average Bonchev–Trinajstić information content (AvgIpc) is 2.90. The quantitative estimate of drug-likeness (QED) is 0.347. The number of carbonyl (C=O) groups is 3. The number of rotatable bonds is 5. The fourth-order valence-corrected chi connectivity index (χ4v) is 3.62. The van der Waals surface area contributed by atoms with Gasteiger partial charge in [0.2, 0.25) is 12.4 Å². The summed E-state index contributed by atoms with van der Waals surface area (Å²) in [5.41, 5.74) is 2.32. The van der Waals surface area contributed by atoms with Crippen molar-refractivity contribution in [3.05, 3.63) is 30.6 Å². The van der Waals surface area contributed by atoms with Gasteiger partial charge in [0.15, 0.2) is 0 Å². The van der Waals surface area contributed by atoms with Crippen molar-refractivity contribution in [2.45, 2.75) is 31.8 Å². The number of hydroxylamine groups is 2. The number of carbonyl (C=O) groups excluding carboxylic acids is 3. The van der Waals surface area contributed by atoms with E-state index in [1.807, 2.05) is 0 Å². The number of urea groups is 1. The normalized spacial score (nSPS) is 21.1. The number of ether oxygens (including phenoxy) is 1. The van der Waals surface area contributed by atoms with Crippen LogP contribution in [0.3, 0.4) is 0 Å². The summed E-state index contributed by atoms with van der Waals surface area (Å²) in [6, 6.07) is 2.47. The van der Waals surface area contributed by atoms with Gasteiger partial charge in [0.25, 0.3) is 0 Å². The Morgan fingerprint density at radius 2 is 2.00 bits per heavy atom. The molecule has 2 fully saturated rings. The molecule has 1 aromatic rings. The molecule has 1 aromatic heterocycles. The van der Waals surface area contributed by atoms with Crippen molar-refractivity contribution in [3.63, 3.8) is 0 Å². The van der Waals surface area contributed by atoms with Crippen LogP contribution in [0.5, 0.6) is 0 Å². The second-order valence-corrected chi connectivity index (χ2v) is 7.25. The lowest BCUT2D eigenvalue weighted by atomic mass is 10.0. The minimum absolute atomic E-state index is 0.0253. The Kier molecular flexibility index (Phi) is 5.86. The summed E-state index contributed by atoms with van der Waals surface area (Å²) in [4.78, 5) is 38.7. The van der Waals surface area contributed by atoms with Crippen LogP contribution in [0.25, 0.3) is 0 Å². The lowest BCUT2D eigenvalue weighted by Gasteiger charge is -2.30. The lowest BCUT2D eigenvalue weighted by molar-refractivity contribution is -0.688. The van der Waals surface area contributed by atoms with Crippen LogP contribution in [-0.2, 0) is 24.2 Å². The van der Waals surface area contributed by atoms with E-state index < -0.39 is 40.5 Å². The van der Waals surface area contributed by atoms with Gasteiger partial charge in [0.1, 0.15) is 6.04 Å². The molecule has 2 N–H and O–H groups in total. The molecule has 13 nitrogen and oxygen atoms in total. The van der Waals surface area contributed by atoms with Crippen molar-refractivity contribution in [1.82, 2.24) is 15.4 Å². The summed E-state index contributed by atoms with van der Waals surface area (Å²) in [7, 11) is -4.89. The number of hydrogen-bond acceptors (Lipinski definition) is 7. The zero-order chi connectivity index (χ0) is 21.2. The summed E-state index contributed by atoms with van der Waals surface area (Å²) in [6.45, 7) is 1.72. The molecule has 2 aliphatic rings. The average molecular weight is 430 g/mol. The fourth-order valence-electron chi connectivity index (χ4n) is 3.23. The van der Waals surface area contributed by atoms with Gasteiger partial charge in [-0.25, -0.2) is 9.59 Å². The molecule has 0 aromatic carbocycles. The number of amides is 4. The number of pyridine rings is 1. The van der Waals surface area contributed by atoms with Gasteiger partial charge in [0, 0.05) is 18.7 Å². The van der Waals surface area contributed by atoms with Crippen LogP contribution in [0.4, 0.5) is 9.59 Å². The van der Waals surface area contributed by atoms with E-state index in [0.29, 0.717) is 5.06 Å². The van der Waals surface area contributed by atoms with Gasteiger partial charge in [-0.3, -0.25) is 9.35 Å². The highest BCUT2D eigenvalue weighted by atomic mass is 32.3. The van der Waals surface area contributed by atoms with Gasteiger partial charge in [0.05, 0.1) is 12.6 Å². The Morgan fingerprint density at radius 3 is 2.62 bits per heavy atom. The summed E-state index contributed by atoms with van der Waals surface area (Å²) in [6.07, 6.45) is 2.59. The molecule has 2 saturated heterocycles. The maximum Gasteiger partial charge on any atom is 0.430 e. The van der Waals surface area contributed by atoms with Gasteiger partial charge in [-0.05, 0) is 24.9 Å². The van der Waals surface area contributed by atoms with Crippen LogP contribution < -0.4 is 15.2 Å². The van der Waals surface area contributed by atoms with Crippen molar-refractivity contribution >= 4 is 28.4 Å². The van der Waals surface area contributed by atoms with Gasteiger partial charge in [-0.15, -0.1) is 4.28 Å². The zero-order valence-electron chi connectivity index (χ0n) is 15.4. The maximum atomic E-state index is 13.2. The number of piperidine rings is 1. The van der Waals surface area contributed by atoms with E-state index in [9.17, 15) is 22.8 Å². The summed E-state index contributed by atoms with van der Waals surface area (Å²) >= 11 is 0. The minimum atomic E-state index is -4.89. The molecule has 3 rings (SSSR count). The third-order valence-corrected chi connectivity index (χ3v) is 4.74. The van der Waals surface area contributed by atoms with E-state index in [-0.39, 0.29) is 26.0 Å². The third kappa shape index (κ3) is 4.55. The standard InChI is InChI=1S/C15H19N5O8S/c1-2-27-14(22)16-20(17-8-4-3-5-9-17)13(21)12-7-6-11-10-18(12)15(23)19(11)28-29(24,25)26/h3-5,8-9,11-12H,2,6-7,10H2,1H3,(H-,16,22,24,25,26)/p+1/t11-,12+/m1/s1. The first-order valence-electron chi connectivity index (χ1n) is 8.72. The Labute approximate surface area is 166 Å². The van der Waals surface area contributed by atoms with Crippen molar-refractivity contribution in [1.29, 1.82) is 0 Å². The Bertz CT molecular complexity index is 895. The fraction of sp³-hybridized carbons (Fsp3) is 0.467. The molecule has 0 spiro atoms. The highest BCUT2D eigenvalue weighted by Gasteiger charge is 2.51. The number of nitrogens with zero attached hydrogens (tertiary/aromatic N) is 4. The highest BCUT2D eigenvalue weighted by Crippen LogP contribution is 2.31. The predicted octanol–water partition coefficient (Wildman–Crippen LogP) is -0.897. The summed E-state index contributed by atoms with van der Waals surface area (Å²) in [5.74, 6) is -0.644. The number of nitrogens with one attached hydrogen (secondary N) is 1. The van der Waals surface area contributed by atoms with Crippen LogP contribution in [0.1, 0.15) is 19.8 Å². The van der Waals surface area contributed by atoms with E-state index in [1.54, 1.807) is 25.1 Å². The van der Waals surface area contributed by atoms with Gasteiger partial charge >= 0.3 is 28.4 Å². The number of fused-ring (bicyclic) bond motifs is 2. The van der Waals surface area contributed by atoms with E-state index in [4.69, 9.17) is 9.29 Å². The molecule has 0 aliphatic carbocycles. The van der Waals surface area contributed by atoms with E-state index in [1.165, 1.54) is 17.1 Å². The molecule has 4 amide bonds. The first kappa shape index (κ1) is 20.8. The molecule has 2 aliphatic heterocycles. The molecule has 0 unspecified atom stereocenters. The number of hydrazine groups is 1. The Morgan fingerprint density at radius 1 is 1.31 bits per heavy atom. The third-order valence-electron chi connectivity index (χ3n) is 4.39. The van der Waals surface area contributed by atoms with Gasteiger partial charge in [-0.1, -0.05) is 10.7 Å². The first-order chi connectivity index (χ1) is 13.7. The molecule has 3 heterocycles. The maximum absolute atomic E-state index is 13.2. The van der Waals surface area contributed by atoms with Crippen LogP contribution in [0, 0.1) is 0 Å². The first-order valence-corrected chi connectivity index (χ1v) is 10.1. The van der Waals surface area contributed by atoms with Crippen LogP contribution in [-0.4, -0.2) is 66.2 Å². The van der Waals surface area contributed by atoms with Crippen molar-refractivity contribution in [2.24, 2.45) is 0 Å². The molecule has 29 heavy (non-hydrogen) atoms. The molecule has 0 saturated carbocycles. The highest BCUT2D eigenvalue weighted by molar-refractivity contribution is 7.80. The monoisotopic (exact) mass is 430 g/mol. The van der Waals surface area contributed by atoms with Gasteiger partial charge < -0.3 is 9.64 Å². The second kappa shape index (κ2) is 8.18. The van der Waals surface area contributed by atoms with Crippen molar-refractivity contribution < 1.29 is 41.1 Å². The topological polar surface area (TPSA) is 150 Å². The largest absolute Gasteiger partial charge is 0.449 e. The summed E-state index contributed by atoms with van der Waals surface area (Å²) in [5, 5.41) is 1.45. The molecule has 14 heteroatoms. The number of hydrogen-bond donors (Lipinski definition) is 2. The Balaban J connectivity index is 1.83. The zero-order valence-corrected chi connectivity index (χ0v) is 16.2. The molecule has 2 bridgehead atoms. The molecular formula is C15H20N5O8S+. The smallest absolute Gasteiger partial charge is 0.430 e. The molecular weight excluding hydrogens is 410 g/mol. The molecule has 158 valence electrons. The molecule has 0 radical (unpaired) electrons. The predicted molar refractivity (Wildman–Crippen MR) is 93.4 cm³/mol. The second-order valence-electron chi connectivity index (χ2n) is 6.25. The van der Waals surface area contributed by atoms with Crippen molar-refractivity contribution in [3.8, 4) is 0 Å². The summed E-state index contributed by atoms with van der Waals surface area (Å²) < 4.78 is 41.3. The van der Waals surface area contributed by atoms with Crippen molar-refractivity contribution in [2.75, 3.05) is 18.3 Å². The van der Waals surface area contributed by atoms with E-state index in [2.05, 4.69) is 9.71 Å². The van der Waals surface area contributed by atoms with E-state index in [0.717, 1.165) is 10.0 Å². The van der Waals surface area contributed by atoms with Gasteiger partial charge in [-0.2, -0.15) is 18.9 Å². The van der Waals surface area contributed by atoms with Crippen LogP contribution in [0.15, 0.2) is 30.6 Å². The van der Waals surface area contributed by atoms with Crippen LogP contribution >= 0.6 is 0 Å². The SMILES string of the molecule is CCOC(=O)NN(C(=O)[C@@H]1CC[C@@H]2CN1C(=O)N2OS(=O)(=O)O)[n+]1ccccc1. The molecule has 2 atom stereocenters. The minimum Gasteiger partial charge on any atom is -0.449 e.